The lowest BCUT2D eigenvalue weighted by Crippen LogP contribution is -2.42. The average Bonchev–Trinajstić information content (AvgIpc) is 2.82. The Labute approximate surface area is 105 Å². The summed E-state index contributed by atoms with van der Waals surface area (Å²) in [6, 6.07) is 8.32. The van der Waals surface area contributed by atoms with Gasteiger partial charge in [-0.1, -0.05) is 30.4 Å². The van der Waals surface area contributed by atoms with Gasteiger partial charge in [0, 0.05) is 13.1 Å². The van der Waals surface area contributed by atoms with Crippen molar-refractivity contribution in [1.82, 2.24) is 4.98 Å². The average molecular weight is 248 g/mol. The summed E-state index contributed by atoms with van der Waals surface area (Å²) >= 11 is 1.78. The van der Waals surface area contributed by atoms with Crippen LogP contribution in [-0.2, 0) is 4.74 Å². The molecule has 4 heteroatoms. The third kappa shape index (κ3) is 2.15. The Bertz CT molecular complexity index is 478. The number of morpholine rings is 1. The molecule has 90 valence electrons. The second-order valence-corrected chi connectivity index (χ2v) is 5.32. The van der Waals surface area contributed by atoms with E-state index in [1.54, 1.807) is 11.3 Å². The van der Waals surface area contributed by atoms with Gasteiger partial charge in [0.1, 0.15) is 0 Å². The summed E-state index contributed by atoms with van der Waals surface area (Å²) < 4.78 is 6.95. The van der Waals surface area contributed by atoms with Gasteiger partial charge in [-0.05, 0) is 18.6 Å². The van der Waals surface area contributed by atoms with Crippen LogP contribution in [0.4, 0.5) is 5.13 Å². The highest BCUT2D eigenvalue weighted by atomic mass is 32.1. The van der Waals surface area contributed by atoms with Crippen molar-refractivity contribution < 1.29 is 4.74 Å². The molecule has 0 saturated carbocycles. The van der Waals surface area contributed by atoms with Crippen molar-refractivity contribution in [2.45, 2.75) is 19.4 Å². The van der Waals surface area contributed by atoms with E-state index in [2.05, 4.69) is 30.0 Å². The third-order valence-corrected chi connectivity index (χ3v) is 4.24. The van der Waals surface area contributed by atoms with Crippen LogP contribution in [0, 0.1) is 0 Å². The Morgan fingerprint density at radius 2 is 2.35 bits per heavy atom. The fourth-order valence-electron chi connectivity index (χ4n) is 2.14. The number of hydrogen-bond acceptors (Lipinski definition) is 4. The number of rotatable bonds is 2. The number of para-hydroxylation sites is 1. The Kier molecular flexibility index (Phi) is 2.99. The largest absolute Gasteiger partial charge is 0.375 e. The van der Waals surface area contributed by atoms with Crippen molar-refractivity contribution in [2.75, 3.05) is 24.6 Å². The molecule has 1 aromatic carbocycles. The van der Waals surface area contributed by atoms with E-state index >= 15 is 0 Å². The smallest absolute Gasteiger partial charge is 0.186 e. The monoisotopic (exact) mass is 248 g/mol. The first-order valence-electron chi connectivity index (χ1n) is 6.09. The number of thiazole rings is 1. The lowest BCUT2D eigenvalue weighted by molar-refractivity contribution is 0.0384. The van der Waals surface area contributed by atoms with Gasteiger partial charge in [-0.15, -0.1) is 0 Å². The van der Waals surface area contributed by atoms with Gasteiger partial charge in [-0.3, -0.25) is 0 Å². The molecule has 1 atom stereocenters. The van der Waals surface area contributed by atoms with Crippen molar-refractivity contribution >= 4 is 26.7 Å². The van der Waals surface area contributed by atoms with Crippen LogP contribution in [0.1, 0.15) is 13.3 Å². The van der Waals surface area contributed by atoms with Gasteiger partial charge >= 0.3 is 0 Å². The molecule has 1 aromatic heterocycles. The summed E-state index contributed by atoms with van der Waals surface area (Å²) in [5.41, 5.74) is 1.10. The van der Waals surface area contributed by atoms with Crippen LogP contribution in [0.5, 0.6) is 0 Å². The van der Waals surface area contributed by atoms with Gasteiger partial charge in [0.05, 0.1) is 22.9 Å². The van der Waals surface area contributed by atoms with Crippen LogP contribution in [-0.4, -0.2) is 30.8 Å². The maximum absolute atomic E-state index is 5.69. The van der Waals surface area contributed by atoms with Crippen LogP contribution >= 0.6 is 11.3 Å². The molecular formula is C13H16N2OS. The number of ether oxygens (including phenoxy) is 1. The molecule has 2 heterocycles. The molecule has 3 nitrogen and oxygen atoms in total. The zero-order chi connectivity index (χ0) is 11.7. The highest BCUT2D eigenvalue weighted by molar-refractivity contribution is 7.22. The molecule has 0 amide bonds. The Morgan fingerprint density at radius 1 is 1.47 bits per heavy atom. The molecule has 0 spiro atoms. The molecule has 0 aliphatic carbocycles. The maximum atomic E-state index is 5.69. The molecule has 0 radical (unpaired) electrons. The molecule has 0 N–H and O–H groups in total. The summed E-state index contributed by atoms with van der Waals surface area (Å²) in [5.74, 6) is 0. The molecule has 1 aliphatic rings. The van der Waals surface area contributed by atoms with Crippen molar-refractivity contribution in [3.8, 4) is 0 Å². The third-order valence-electron chi connectivity index (χ3n) is 3.15. The van der Waals surface area contributed by atoms with Gasteiger partial charge in [0.25, 0.3) is 0 Å². The lowest BCUT2D eigenvalue weighted by Gasteiger charge is -2.32. The zero-order valence-electron chi connectivity index (χ0n) is 9.93. The minimum atomic E-state index is 0.357. The number of anilines is 1. The summed E-state index contributed by atoms with van der Waals surface area (Å²) in [4.78, 5) is 7.04. The second kappa shape index (κ2) is 4.63. The van der Waals surface area contributed by atoms with E-state index in [4.69, 9.17) is 9.72 Å². The summed E-state index contributed by atoms with van der Waals surface area (Å²) in [7, 11) is 0. The van der Waals surface area contributed by atoms with E-state index in [-0.39, 0.29) is 0 Å². The van der Waals surface area contributed by atoms with Gasteiger partial charge < -0.3 is 9.64 Å². The van der Waals surface area contributed by atoms with Crippen LogP contribution in [0.25, 0.3) is 10.2 Å². The fraction of sp³-hybridized carbons (Fsp3) is 0.462. The van der Waals surface area contributed by atoms with Crippen LogP contribution in [0.15, 0.2) is 24.3 Å². The van der Waals surface area contributed by atoms with Crippen molar-refractivity contribution in [2.24, 2.45) is 0 Å². The Hall–Kier alpha value is -1.13. The molecule has 1 aliphatic heterocycles. The molecular weight excluding hydrogens is 232 g/mol. The number of fused-ring (bicyclic) bond motifs is 1. The Balaban J connectivity index is 1.87. The lowest BCUT2D eigenvalue weighted by atomic mass is 10.2. The van der Waals surface area contributed by atoms with Crippen LogP contribution in [0.2, 0.25) is 0 Å². The highest BCUT2D eigenvalue weighted by Gasteiger charge is 2.21. The van der Waals surface area contributed by atoms with Gasteiger partial charge in [-0.2, -0.15) is 0 Å². The van der Waals surface area contributed by atoms with E-state index in [1.165, 1.54) is 4.70 Å². The maximum Gasteiger partial charge on any atom is 0.186 e. The van der Waals surface area contributed by atoms with Gasteiger partial charge in [-0.25, -0.2) is 4.98 Å². The predicted molar refractivity (Wildman–Crippen MR) is 71.9 cm³/mol. The van der Waals surface area contributed by atoms with Crippen molar-refractivity contribution in [3.63, 3.8) is 0 Å². The molecule has 1 saturated heterocycles. The minimum absolute atomic E-state index is 0.357. The first-order valence-corrected chi connectivity index (χ1v) is 6.90. The molecule has 3 rings (SSSR count). The van der Waals surface area contributed by atoms with Crippen molar-refractivity contribution in [1.29, 1.82) is 0 Å². The van der Waals surface area contributed by atoms with E-state index in [0.29, 0.717) is 6.10 Å². The zero-order valence-corrected chi connectivity index (χ0v) is 10.7. The van der Waals surface area contributed by atoms with Crippen LogP contribution in [0.3, 0.4) is 0 Å². The molecule has 17 heavy (non-hydrogen) atoms. The number of aromatic nitrogens is 1. The number of nitrogens with zero attached hydrogens (tertiary/aromatic N) is 2. The predicted octanol–water partition coefficient (Wildman–Crippen LogP) is 2.91. The number of benzene rings is 1. The van der Waals surface area contributed by atoms with E-state index < -0.39 is 0 Å². The summed E-state index contributed by atoms with van der Waals surface area (Å²) in [6.45, 7) is 4.91. The Morgan fingerprint density at radius 3 is 3.18 bits per heavy atom. The van der Waals surface area contributed by atoms with E-state index in [9.17, 15) is 0 Å². The van der Waals surface area contributed by atoms with Gasteiger partial charge in [0.2, 0.25) is 0 Å². The normalized spacial score (nSPS) is 21.0. The van der Waals surface area contributed by atoms with Crippen LogP contribution < -0.4 is 4.90 Å². The molecule has 0 unspecified atom stereocenters. The summed E-state index contributed by atoms with van der Waals surface area (Å²) in [6.07, 6.45) is 1.43. The van der Waals surface area contributed by atoms with Gasteiger partial charge in [0.15, 0.2) is 5.13 Å². The molecule has 2 aromatic rings. The quantitative estimate of drug-likeness (QED) is 0.817. The fourth-order valence-corrected chi connectivity index (χ4v) is 3.14. The first-order chi connectivity index (χ1) is 8.36. The van der Waals surface area contributed by atoms with Crippen molar-refractivity contribution in [3.05, 3.63) is 24.3 Å². The van der Waals surface area contributed by atoms with E-state index in [0.717, 1.165) is 36.8 Å². The highest BCUT2D eigenvalue weighted by Crippen LogP contribution is 2.29. The number of hydrogen-bond donors (Lipinski definition) is 0. The molecule has 1 fully saturated rings. The second-order valence-electron chi connectivity index (χ2n) is 4.31. The SMILES string of the molecule is CC[C@@H]1CN(c2nc3ccccc3s2)CCO1. The van der Waals surface area contributed by atoms with E-state index in [1.807, 2.05) is 6.07 Å². The minimum Gasteiger partial charge on any atom is -0.375 e. The standard InChI is InChI=1S/C13H16N2OS/c1-2-10-9-15(7-8-16-10)13-14-11-5-3-4-6-12(11)17-13/h3-6,10H,2,7-9H2,1H3/t10-/m1/s1. The summed E-state index contributed by atoms with van der Waals surface area (Å²) in [5, 5.41) is 1.13. The first kappa shape index (κ1) is 11.0. The molecule has 0 bridgehead atoms. The topological polar surface area (TPSA) is 25.4 Å².